The van der Waals surface area contributed by atoms with E-state index < -0.39 is 0 Å². The van der Waals surface area contributed by atoms with Crippen LogP contribution in [0.1, 0.15) is 41.3 Å². The molecular weight excluding hydrogens is 290 g/mol. The minimum absolute atomic E-state index is 0.0358. The molecule has 118 valence electrons. The lowest BCUT2D eigenvalue weighted by Crippen LogP contribution is -2.45. The Kier molecular flexibility index (Phi) is 2.85. The highest BCUT2D eigenvalue weighted by Crippen LogP contribution is 2.37. The van der Waals surface area contributed by atoms with E-state index in [1.807, 2.05) is 24.1 Å². The molecule has 1 amide bonds. The zero-order valence-corrected chi connectivity index (χ0v) is 13.5. The Labute approximate surface area is 133 Å². The number of aryl methyl sites for hydroxylation is 1. The van der Waals surface area contributed by atoms with E-state index in [4.69, 9.17) is 0 Å². The van der Waals surface area contributed by atoms with Crippen molar-refractivity contribution in [3.63, 3.8) is 0 Å². The van der Waals surface area contributed by atoms with Gasteiger partial charge >= 0.3 is 0 Å². The van der Waals surface area contributed by atoms with Gasteiger partial charge in [0.1, 0.15) is 5.69 Å². The summed E-state index contributed by atoms with van der Waals surface area (Å²) in [7, 11) is 0. The van der Waals surface area contributed by atoms with Gasteiger partial charge in [-0.25, -0.2) is 0 Å². The minimum atomic E-state index is -0.145. The molecule has 23 heavy (non-hydrogen) atoms. The summed E-state index contributed by atoms with van der Waals surface area (Å²) in [5.41, 5.74) is 4.64. The number of nitrogens with one attached hydrogen (secondary N) is 2. The van der Waals surface area contributed by atoms with Crippen LogP contribution in [0.25, 0.3) is 10.9 Å². The lowest BCUT2D eigenvalue weighted by atomic mass is 9.82. The second-order valence-electron chi connectivity index (χ2n) is 6.88. The summed E-state index contributed by atoms with van der Waals surface area (Å²) in [4.78, 5) is 22.4. The number of aromatic nitrogens is 4. The molecule has 0 fully saturated rings. The highest BCUT2D eigenvalue weighted by Gasteiger charge is 2.37. The molecule has 0 aliphatic carbocycles. The van der Waals surface area contributed by atoms with E-state index in [1.165, 1.54) is 5.69 Å². The summed E-state index contributed by atoms with van der Waals surface area (Å²) in [5, 5.41) is 8.04. The average molecular weight is 309 g/mol. The highest BCUT2D eigenvalue weighted by atomic mass is 16.2. The second kappa shape index (κ2) is 4.68. The Balaban J connectivity index is 1.78. The maximum atomic E-state index is 12.8. The molecule has 6 heteroatoms. The molecule has 0 unspecified atom stereocenters. The Morgan fingerprint density at radius 1 is 1.39 bits per heavy atom. The number of carbonyl (C=O) groups excluding carboxylic acids is 1. The Morgan fingerprint density at radius 3 is 2.96 bits per heavy atom. The summed E-state index contributed by atoms with van der Waals surface area (Å²) in [6.07, 6.45) is 3.65. The van der Waals surface area contributed by atoms with Crippen LogP contribution in [0.3, 0.4) is 0 Å². The van der Waals surface area contributed by atoms with E-state index >= 15 is 0 Å². The molecule has 0 spiro atoms. The van der Waals surface area contributed by atoms with Crippen molar-refractivity contribution in [1.82, 2.24) is 25.1 Å². The van der Waals surface area contributed by atoms with Crippen molar-refractivity contribution in [2.24, 2.45) is 0 Å². The maximum Gasteiger partial charge on any atom is 0.274 e. The Hall–Kier alpha value is -2.63. The summed E-state index contributed by atoms with van der Waals surface area (Å²) in [5.74, 6) is -0.0358. The number of hydrogen-bond donors (Lipinski definition) is 2. The van der Waals surface area contributed by atoms with Gasteiger partial charge in [0.25, 0.3) is 5.91 Å². The summed E-state index contributed by atoms with van der Waals surface area (Å²) < 4.78 is 0. The smallest absolute Gasteiger partial charge is 0.274 e. The van der Waals surface area contributed by atoms with Gasteiger partial charge in [0.05, 0.1) is 0 Å². The number of pyridine rings is 1. The van der Waals surface area contributed by atoms with Gasteiger partial charge in [-0.05, 0) is 19.1 Å². The molecular formula is C17H19N5O. The van der Waals surface area contributed by atoms with Crippen LogP contribution in [0, 0.1) is 6.92 Å². The van der Waals surface area contributed by atoms with Crippen molar-refractivity contribution in [3.05, 3.63) is 47.2 Å². The molecule has 3 aromatic heterocycles. The minimum Gasteiger partial charge on any atom is -0.358 e. The fraction of sp³-hybridized carbons (Fsp3) is 0.353. The largest absolute Gasteiger partial charge is 0.358 e. The van der Waals surface area contributed by atoms with Gasteiger partial charge in [0.15, 0.2) is 0 Å². The quantitative estimate of drug-likeness (QED) is 0.725. The third-order valence-corrected chi connectivity index (χ3v) is 4.53. The van der Waals surface area contributed by atoms with Gasteiger partial charge in [-0.3, -0.25) is 14.9 Å². The molecule has 0 radical (unpaired) electrons. The molecule has 2 N–H and O–H groups in total. The van der Waals surface area contributed by atoms with Crippen LogP contribution >= 0.6 is 0 Å². The molecule has 6 nitrogen and oxygen atoms in total. The van der Waals surface area contributed by atoms with E-state index in [0.717, 1.165) is 22.2 Å². The van der Waals surface area contributed by atoms with Gasteiger partial charge < -0.3 is 9.88 Å². The zero-order valence-electron chi connectivity index (χ0n) is 13.5. The van der Waals surface area contributed by atoms with Crippen LogP contribution in [-0.2, 0) is 12.0 Å². The number of H-pyrrole nitrogens is 2. The first kappa shape index (κ1) is 14.0. The fourth-order valence-electron chi connectivity index (χ4n) is 3.47. The van der Waals surface area contributed by atoms with E-state index in [-0.39, 0.29) is 11.3 Å². The molecule has 0 aromatic carbocycles. The Bertz CT molecular complexity index is 905. The number of nitrogens with zero attached hydrogens (tertiary/aromatic N) is 3. The van der Waals surface area contributed by atoms with Crippen LogP contribution in [-0.4, -0.2) is 37.5 Å². The van der Waals surface area contributed by atoms with Crippen molar-refractivity contribution in [1.29, 1.82) is 0 Å². The normalized spacial score (nSPS) is 16.6. The summed E-state index contributed by atoms with van der Waals surface area (Å²) in [6.45, 7) is 7.45. The van der Waals surface area contributed by atoms with Gasteiger partial charge in [0.2, 0.25) is 0 Å². The van der Waals surface area contributed by atoms with E-state index in [2.05, 4.69) is 34.0 Å². The highest BCUT2D eigenvalue weighted by molar-refractivity contribution is 5.93. The van der Waals surface area contributed by atoms with Gasteiger partial charge in [0, 0.05) is 58.8 Å². The predicted molar refractivity (Wildman–Crippen MR) is 87.2 cm³/mol. The van der Waals surface area contributed by atoms with Crippen molar-refractivity contribution in [3.8, 4) is 0 Å². The van der Waals surface area contributed by atoms with Gasteiger partial charge in [-0.2, -0.15) is 5.10 Å². The molecule has 4 rings (SSSR count). The first-order valence-electron chi connectivity index (χ1n) is 7.72. The molecule has 0 atom stereocenters. The molecule has 1 aliphatic heterocycles. The third-order valence-electron chi connectivity index (χ3n) is 4.53. The lowest BCUT2D eigenvalue weighted by Gasteiger charge is -2.37. The molecule has 0 saturated heterocycles. The first-order chi connectivity index (χ1) is 11.0. The van der Waals surface area contributed by atoms with Crippen LogP contribution in [0.4, 0.5) is 0 Å². The van der Waals surface area contributed by atoms with Crippen LogP contribution in [0.5, 0.6) is 0 Å². The topological polar surface area (TPSA) is 77.7 Å². The fourth-order valence-corrected chi connectivity index (χ4v) is 3.47. The van der Waals surface area contributed by atoms with Crippen molar-refractivity contribution in [2.45, 2.75) is 32.7 Å². The number of aromatic amines is 2. The molecule has 0 saturated carbocycles. The molecule has 0 bridgehead atoms. The van der Waals surface area contributed by atoms with Crippen LogP contribution < -0.4 is 0 Å². The monoisotopic (exact) mass is 309 g/mol. The van der Waals surface area contributed by atoms with Crippen molar-refractivity contribution < 1.29 is 4.79 Å². The molecule has 4 heterocycles. The third kappa shape index (κ3) is 2.13. The number of amides is 1. The standard InChI is InChI=1S/C17H19N5O/c1-10-6-14(21-20-10)16(23)22-8-12-11-7-18-5-4-13(11)19-15(12)17(2,3)9-22/h4-7,19H,8-9H2,1-3H3,(H,20,21). The average Bonchev–Trinajstić information content (AvgIpc) is 3.10. The van der Waals surface area contributed by atoms with Crippen molar-refractivity contribution in [2.75, 3.05) is 6.54 Å². The Morgan fingerprint density at radius 2 is 2.22 bits per heavy atom. The molecule has 3 aromatic rings. The van der Waals surface area contributed by atoms with E-state index in [0.29, 0.717) is 18.8 Å². The van der Waals surface area contributed by atoms with Crippen LogP contribution in [0.2, 0.25) is 0 Å². The number of fused-ring (bicyclic) bond motifs is 3. The number of hydrogen-bond acceptors (Lipinski definition) is 3. The summed E-state index contributed by atoms with van der Waals surface area (Å²) in [6, 6.07) is 3.77. The summed E-state index contributed by atoms with van der Waals surface area (Å²) >= 11 is 0. The first-order valence-corrected chi connectivity index (χ1v) is 7.72. The number of rotatable bonds is 1. The maximum absolute atomic E-state index is 12.8. The molecule has 1 aliphatic rings. The van der Waals surface area contributed by atoms with Gasteiger partial charge in [-0.15, -0.1) is 0 Å². The van der Waals surface area contributed by atoms with Gasteiger partial charge in [-0.1, -0.05) is 13.8 Å². The lowest BCUT2D eigenvalue weighted by molar-refractivity contribution is 0.0679. The SMILES string of the molecule is Cc1cc(C(=O)N2Cc3c([nH]c4ccncc34)C(C)(C)C2)n[nH]1. The second-order valence-corrected chi connectivity index (χ2v) is 6.88. The van der Waals surface area contributed by atoms with Crippen LogP contribution in [0.15, 0.2) is 24.5 Å². The van der Waals surface area contributed by atoms with E-state index in [1.54, 1.807) is 12.3 Å². The zero-order chi connectivity index (χ0) is 16.2. The van der Waals surface area contributed by atoms with Crippen molar-refractivity contribution >= 4 is 16.8 Å². The number of carbonyl (C=O) groups is 1. The predicted octanol–water partition coefficient (Wildman–Crippen LogP) is 2.53. The van der Waals surface area contributed by atoms with E-state index in [9.17, 15) is 4.79 Å².